The van der Waals surface area contributed by atoms with Crippen LogP contribution in [0.3, 0.4) is 0 Å². The molecule has 0 unspecified atom stereocenters. The summed E-state index contributed by atoms with van der Waals surface area (Å²) >= 11 is 0. The Balaban J connectivity index is 2.24. The van der Waals surface area contributed by atoms with E-state index < -0.39 is 0 Å². The van der Waals surface area contributed by atoms with Crippen molar-refractivity contribution in [3.05, 3.63) is 113 Å². The third kappa shape index (κ3) is 4.44. The molecule has 3 heteroatoms. The van der Waals surface area contributed by atoms with Gasteiger partial charge in [0.15, 0.2) is 11.5 Å². The second kappa shape index (κ2) is 8.96. The van der Waals surface area contributed by atoms with E-state index in [1.807, 2.05) is 56.3 Å². The van der Waals surface area contributed by atoms with Gasteiger partial charge in [-0.05, 0) is 19.4 Å². The third-order valence-corrected chi connectivity index (χ3v) is 4.15. The fraction of sp³-hybridized carbons (Fsp3) is 0.120. The Kier molecular flexibility index (Phi) is 6.18. The lowest BCUT2D eigenvalue weighted by Gasteiger charge is -2.18. The lowest BCUT2D eigenvalue weighted by Crippen LogP contribution is -2.17. The Morgan fingerprint density at radius 2 is 1.00 bits per heavy atom. The van der Waals surface area contributed by atoms with Crippen molar-refractivity contribution in [1.82, 2.24) is 0 Å². The van der Waals surface area contributed by atoms with Crippen LogP contribution < -0.4 is 0 Å². The molecule has 3 aromatic rings. The van der Waals surface area contributed by atoms with E-state index in [0.29, 0.717) is 16.7 Å². The molecule has 0 aliphatic carbocycles. The lowest BCUT2D eigenvalue weighted by atomic mass is 9.93. The van der Waals surface area contributed by atoms with Crippen molar-refractivity contribution in [3.63, 3.8) is 0 Å². The maximum absolute atomic E-state index is 13.4. The molecule has 140 valence electrons. The van der Waals surface area contributed by atoms with Crippen LogP contribution in [0.5, 0.6) is 0 Å². The number of rotatable bonds is 7. The predicted octanol–water partition coefficient (Wildman–Crippen LogP) is 5.59. The van der Waals surface area contributed by atoms with Crippen LogP contribution in [0, 0.1) is 0 Å². The molecular weight excluding hydrogens is 348 g/mol. The van der Waals surface area contributed by atoms with E-state index >= 15 is 0 Å². The molecule has 0 radical (unpaired) electrons. The summed E-state index contributed by atoms with van der Waals surface area (Å²) in [5.41, 5.74) is 1.91. The van der Waals surface area contributed by atoms with Gasteiger partial charge in [0, 0.05) is 11.1 Å². The molecule has 3 aromatic carbocycles. The van der Waals surface area contributed by atoms with Crippen LogP contribution in [0.1, 0.15) is 40.1 Å². The molecule has 0 aliphatic heterocycles. The van der Waals surface area contributed by atoms with Gasteiger partial charge in [0.2, 0.25) is 5.78 Å². The average molecular weight is 370 g/mol. The van der Waals surface area contributed by atoms with E-state index in [-0.39, 0.29) is 29.0 Å². The first-order valence-corrected chi connectivity index (χ1v) is 9.23. The number of carbonyl (C=O) groups is 2. The van der Waals surface area contributed by atoms with Crippen LogP contribution in [-0.2, 0) is 4.74 Å². The van der Waals surface area contributed by atoms with Gasteiger partial charge in [-0.25, -0.2) is 0 Å². The smallest absolute Gasteiger partial charge is 0.228 e. The van der Waals surface area contributed by atoms with Crippen molar-refractivity contribution in [3.8, 4) is 0 Å². The van der Waals surface area contributed by atoms with E-state index in [1.54, 1.807) is 48.5 Å². The topological polar surface area (TPSA) is 43.4 Å². The lowest BCUT2D eigenvalue weighted by molar-refractivity contribution is 0.0835. The summed E-state index contributed by atoms with van der Waals surface area (Å²) < 4.78 is 5.93. The van der Waals surface area contributed by atoms with Gasteiger partial charge < -0.3 is 4.74 Å². The number of allylic oxidation sites excluding steroid dienone is 2. The van der Waals surface area contributed by atoms with Gasteiger partial charge in [-0.15, -0.1) is 0 Å². The number of hydrogen-bond acceptors (Lipinski definition) is 3. The van der Waals surface area contributed by atoms with Crippen molar-refractivity contribution in [2.45, 2.75) is 20.0 Å². The summed E-state index contributed by atoms with van der Waals surface area (Å²) in [6.45, 7) is 3.68. The fourth-order valence-electron chi connectivity index (χ4n) is 2.89. The number of carbonyl (C=O) groups excluding carboxylic acids is 2. The van der Waals surface area contributed by atoms with Crippen LogP contribution in [0.25, 0.3) is 5.57 Å². The van der Waals surface area contributed by atoms with Gasteiger partial charge in [0.25, 0.3) is 0 Å². The zero-order valence-electron chi connectivity index (χ0n) is 16.0. The van der Waals surface area contributed by atoms with E-state index in [1.165, 1.54) is 0 Å². The number of Topliss-reactive ketones (excluding diaryl/α,β-unsaturated/α-hetero) is 2. The van der Waals surface area contributed by atoms with Crippen molar-refractivity contribution < 1.29 is 14.3 Å². The summed E-state index contributed by atoms with van der Waals surface area (Å²) in [6, 6.07) is 27.0. The van der Waals surface area contributed by atoms with Crippen molar-refractivity contribution in [2.75, 3.05) is 0 Å². The SMILES string of the molecule is CC(C)O/C(C(=O)c1ccccc1)=C(/C(=O)c1ccccc1)c1ccccc1. The highest BCUT2D eigenvalue weighted by Crippen LogP contribution is 2.27. The minimum Gasteiger partial charge on any atom is -0.486 e. The second-order valence-corrected chi connectivity index (χ2v) is 6.63. The summed E-state index contributed by atoms with van der Waals surface area (Å²) in [5, 5.41) is 0. The van der Waals surface area contributed by atoms with Crippen LogP contribution in [0.2, 0.25) is 0 Å². The molecule has 3 nitrogen and oxygen atoms in total. The summed E-state index contributed by atoms with van der Waals surface area (Å²) in [5.74, 6) is -0.481. The molecule has 0 heterocycles. The van der Waals surface area contributed by atoms with Crippen LogP contribution in [0.4, 0.5) is 0 Å². The number of hydrogen-bond donors (Lipinski definition) is 0. The van der Waals surface area contributed by atoms with Gasteiger partial charge in [-0.2, -0.15) is 0 Å². The highest BCUT2D eigenvalue weighted by atomic mass is 16.5. The van der Waals surface area contributed by atoms with E-state index in [4.69, 9.17) is 4.74 Å². The Labute approximate surface area is 165 Å². The molecule has 3 rings (SSSR count). The molecule has 0 saturated heterocycles. The van der Waals surface area contributed by atoms with Crippen LogP contribution in [-0.4, -0.2) is 17.7 Å². The van der Waals surface area contributed by atoms with Gasteiger partial charge >= 0.3 is 0 Å². The molecule has 0 fully saturated rings. The van der Waals surface area contributed by atoms with Crippen molar-refractivity contribution in [1.29, 1.82) is 0 Å². The summed E-state index contributed by atoms with van der Waals surface area (Å²) in [7, 11) is 0. The molecule has 0 spiro atoms. The Morgan fingerprint density at radius 1 is 0.607 bits per heavy atom. The van der Waals surface area contributed by atoms with Gasteiger partial charge in [0.1, 0.15) is 0 Å². The minimum absolute atomic E-state index is 0.0706. The first-order valence-electron chi connectivity index (χ1n) is 9.23. The highest BCUT2D eigenvalue weighted by Gasteiger charge is 2.26. The first-order chi connectivity index (χ1) is 13.6. The minimum atomic E-state index is -0.308. The number of ketones is 2. The maximum Gasteiger partial charge on any atom is 0.228 e. The van der Waals surface area contributed by atoms with E-state index in [2.05, 4.69) is 0 Å². The second-order valence-electron chi connectivity index (χ2n) is 6.63. The molecule has 0 N–H and O–H groups in total. The molecular formula is C25H22O3. The predicted molar refractivity (Wildman–Crippen MR) is 111 cm³/mol. The molecule has 0 aliphatic rings. The number of benzene rings is 3. The third-order valence-electron chi connectivity index (χ3n) is 4.15. The monoisotopic (exact) mass is 370 g/mol. The zero-order chi connectivity index (χ0) is 19.9. The standard InChI is InChI=1S/C25H22O3/c1-18(2)28-25(24(27)21-16-10-5-11-17-21)22(19-12-6-3-7-13-19)23(26)20-14-8-4-9-15-20/h3-18H,1-2H3/b25-22+. The molecule has 0 bridgehead atoms. The fourth-order valence-corrected chi connectivity index (χ4v) is 2.89. The highest BCUT2D eigenvalue weighted by molar-refractivity contribution is 6.34. The Hall–Kier alpha value is -3.46. The summed E-state index contributed by atoms with van der Waals surface area (Å²) in [4.78, 5) is 26.7. The zero-order valence-corrected chi connectivity index (χ0v) is 16.0. The molecule has 28 heavy (non-hydrogen) atoms. The van der Waals surface area contributed by atoms with Crippen LogP contribution >= 0.6 is 0 Å². The number of ether oxygens (including phenoxy) is 1. The molecule has 0 amide bonds. The first kappa shape index (κ1) is 19.3. The molecule has 0 atom stereocenters. The Bertz CT molecular complexity index is 972. The van der Waals surface area contributed by atoms with Crippen LogP contribution in [0.15, 0.2) is 96.8 Å². The van der Waals surface area contributed by atoms with Gasteiger partial charge in [0.05, 0.1) is 11.7 Å². The largest absolute Gasteiger partial charge is 0.486 e. The average Bonchev–Trinajstić information content (AvgIpc) is 2.74. The normalized spacial score (nSPS) is 11.7. The quantitative estimate of drug-likeness (QED) is 0.309. The van der Waals surface area contributed by atoms with Gasteiger partial charge in [-0.3, -0.25) is 9.59 Å². The van der Waals surface area contributed by atoms with Crippen molar-refractivity contribution >= 4 is 17.1 Å². The van der Waals surface area contributed by atoms with E-state index in [0.717, 1.165) is 0 Å². The Morgan fingerprint density at radius 3 is 1.43 bits per heavy atom. The molecule has 0 saturated carbocycles. The van der Waals surface area contributed by atoms with Crippen molar-refractivity contribution in [2.24, 2.45) is 0 Å². The molecule has 0 aromatic heterocycles. The van der Waals surface area contributed by atoms with Gasteiger partial charge in [-0.1, -0.05) is 91.0 Å². The van der Waals surface area contributed by atoms with E-state index in [9.17, 15) is 9.59 Å². The maximum atomic E-state index is 13.4. The summed E-state index contributed by atoms with van der Waals surface area (Å²) in [6.07, 6.45) is -0.259.